The zero-order valence-corrected chi connectivity index (χ0v) is 14.5. The second-order valence-corrected chi connectivity index (χ2v) is 6.70. The Balaban J connectivity index is 3.27. The molecule has 25 heavy (non-hydrogen) atoms. The van der Waals surface area contributed by atoms with Crippen molar-refractivity contribution in [1.29, 1.82) is 0 Å². The van der Waals surface area contributed by atoms with Gasteiger partial charge in [0.1, 0.15) is 0 Å². The van der Waals surface area contributed by atoms with Crippen molar-refractivity contribution in [3.8, 4) is 5.75 Å². The van der Waals surface area contributed by atoms with Crippen LogP contribution in [0.15, 0.2) is 18.2 Å². The molecule has 1 aromatic rings. The Morgan fingerprint density at radius 1 is 1.12 bits per heavy atom. The SMILES string of the molecule is CCCC(=O)Nc1ccc(C(=O)CCC)c(OS(=O)(=O)C(F)(F)F)c1. The number of benzene rings is 1. The van der Waals surface area contributed by atoms with Crippen LogP contribution in [0, 0.1) is 0 Å². The predicted octanol–water partition coefficient (Wildman–Crippen LogP) is 3.64. The van der Waals surface area contributed by atoms with Gasteiger partial charge in [0.05, 0.1) is 5.56 Å². The molecule has 0 heterocycles. The van der Waals surface area contributed by atoms with Crippen LogP contribution in [-0.2, 0) is 14.9 Å². The third kappa shape index (κ3) is 5.73. The summed E-state index contributed by atoms with van der Waals surface area (Å²) in [4.78, 5) is 23.6. The molecule has 1 aromatic carbocycles. The van der Waals surface area contributed by atoms with Crippen molar-refractivity contribution in [1.82, 2.24) is 0 Å². The van der Waals surface area contributed by atoms with Crippen LogP contribution in [0.3, 0.4) is 0 Å². The number of nitrogens with one attached hydrogen (secondary N) is 1. The van der Waals surface area contributed by atoms with E-state index >= 15 is 0 Å². The van der Waals surface area contributed by atoms with Crippen molar-refractivity contribution in [2.45, 2.75) is 45.0 Å². The number of ketones is 1. The fraction of sp³-hybridized carbons (Fsp3) is 0.467. The number of anilines is 1. The third-order valence-electron chi connectivity index (χ3n) is 3.00. The average Bonchev–Trinajstić information content (AvgIpc) is 2.46. The van der Waals surface area contributed by atoms with Gasteiger partial charge in [-0.25, -0.2) is 0 Å². The predicted molar refractivity (Wildman–Crippen MR) is 84.8 cm³/mol. The van der Waals surface area contributed by atoms with Gasteiger partial charge in [0.2, 0.25) is 5.91 Å². The summed E-state index contributed by atoms with van der Waals surface area (Å²) >= 11 is 0. The Morgan fingerprint density at radius 3 is 2.24 bits per heavy atom. The summed E-state index contributed by atoms with van der Waals surface area (Å²) in [6.45, 7) is 3.45. The first-order valence-corrected chi connectivity index (χ1v) is 8.90. The highest BCUT2D eigenvalue weighted by molar-refractivity contribution is 7.88. The van der Waals surface area contributed by atoms with Crippen LogP contribution < -0.4 is 9.50 Å². The van der Waals surface area contributed by atoms with E-state index in [2.05, 4.69) is 9.50 Å². The largest absolute Gasteiger partial charge is 0.534 e. The van der Waals surface area contributed by atoms with Crippen LogP contribution in [0.5, 0.6) is 5.75 Å². The first-order chi connectivity index (χ1) is 11.5. The quantitative estimate of drug-likeness (QED) is 0.422. The Kier molecular flexibility index (Phi) is 6.97. The van der Waals surface area contributed by atoms with Crippen LogP contribution >= 0.6 is 0 Å². The number of hydrogen-bond donors (Lipinski definition) is 1. The molecule has 0 aliphatic heterocycles. The standard InChI is InChI=1S/C15H18F3NO5S/c1-3-5-12(20)11-8-7-10(19-14(21)6-4-2)9-13(11)24-25(22,23)15(16,17)18/h7-9H,3-6H2,1-2H3,(H,19,21). The molecular weight excluding hydrogens is 363 g/mol. The van der Waals surface area contributed by atoms with E-state index in [9.17, 15) is 31.2 Å². The van der Waals surface area contributed by atoms with E-state index < -0.39 is 33.1 Å². The maximum absolute atomic E-state index is 12.5. The summed E-state index contributed by atoms with van der Waals surface area (Å²) < 4.78 is 64.2. The van der Waals surface area contributed by atoms with Crippen LogP contribution in [-0.4, -0.2) is 25.6 Å². The average molecular weight is 381 g/mol. The first-order valence-electron chi connectivity index (χ1n) is 7.49. The number of Topliss-reactive ketones (excluding diaryl/α,β-unsaturated/α-hetero) is 1. The van der Waals surface area contributed by atoms with Gasteiger partial charge in [-0.3, -0.25) is 9.59 Å². The lowest BCUT2D eigenvalue weighted by Gasteiger charge is -2.14. The van der Waals surface area contributed by atoms with Crippen molar-refractivity contribution < 1.29 is 35.4 Å². The van der Waals surface area contributed by atoms with E-state index in [0.717, 1.165) is 12.1 Å². The summed E-state index contributed by atoms with van der Waals surface area (Å²) in [7, 11) is -5.94. The third-order valence-corrected chi connectivity index (χ3v) is 3.97. The molecule has 140 valence electrons. The topological polar surface area (TPSA) is 89.5 Å². The molecular formula is C15H18F3NO5S. The summed E-state index contributed by atoms with van der Waals surface area (Å²) in [5.41, 5.74) is -5.92. The zero-order chi connectivity index (χ0) is 19.3. The highest BCUT2D eigenvalue weighted by Gasteiger charge is 2.49. The molecule has 0 fully saturated rings. The second kappa shape index (κ2) is 8.32. The van der Waals surface area contributed by atoms with E-state index in [0.29, 0.717) is 12.8 Å². The fourth-order valence-corrected chi connectivity index (χ4v) is 2.35. The molecule has 1 N–H and O–H groups in total. The minimum absolute atomic E-state index is 0.00393. The Bertz CT molecular complexity index is 744. The lowest BCUT2D eigenvalue weighted by molar-refractivity contribution is -0.116. The summed E-state index contributed by atoms with van der Waals surface area (Å²) in [6, 6.07) is 3.31. The number of carbonyl (C=O) groups is 2. The fourth-order valence-electron chi connectivity index (χ4n) is 1.88. The van der Waals surface area contributed by atoms with E-state index in [1.165, 1.54) is 6.07 Å². The maximum atomic E-state index is 12.5. The highest BCUT2D eigenvalue weighted by Crippen LogP contribution is 2.31. The minimum atomic E-state index is -5.94. The monoisotopic (exact) mass is 381 g/mol. The van der Waals surface area contributed by atoms with Crippen LogP contribution in [0.25, 0.3) is 0 Å². The molecule has 0 aromatic heterocycles. The zero-order valence-electron chi connectivity index (χ0n) is 13.6. The molecule has 0 bridgehead atoms. The van der Waals surface area contributed by atoms with E-state index in [-0.39, 0.29) is 24.1 Å². The van der Waals surface area contributed by atoms with Gasteiger partial charge in [-0.15, -0.1) is 0 Å². The molecule has 0 aliphatic rings. The lowest BCUT2D eigenvalue weighted by Crippen LogP contribution is -2.28. The number of rotatable bonds is 8. The van der Waals surface area contributed by atoms with Crippen LogP contribution in [0.4, 0.5) is 18.9 Å². The van der Waals surface area contributed by atoms with Crippen molar-refractivity contribution in [3.63, 3.8) is 0 Å². The number of carbonyl (C=O) groups excluding carboxylic acids is 2. The van der Waals surface area contributed by atoms with E-state index in [1.54, 1.807) is 13.8 Å². The maximum Gasteiger partial charge on any atom is 0.534 e. The molecule has 0 saturated heterocycles. The number of alkyl halides is 3. The van der Waals surface area contributed by atoms with Crippen LogP contribution in [0.2, 0.25) is 0 Å². The summed E-state index contributed by atoms with van der Waals surface area (Å²) in [5.74, 6) is -1.74. The van der Waals surface area contributed by atoms with Gasteiger partial charge in [0.25, 0.3) is 0 Å². The van der Waals surface area contributed by atoms with Crippen molar-refractivity contribution >= 4 is 27.5 Å². The molecule has 0 radical (unpaired) electrons. The van der Waals surface area contributed by atoms with Crippen LogP contribution in [0.1, 0.15) is 49.9 Å². The lowest BCUT2D eigenvalue weighted by atomic mass is 10.1. The van der Waals surface area contributed by atoms with Gasteiger partial charge in [0.15, 0.2) is 11.5 Å². The summed E-state index contributed by atoms with van der Waals surface area (Å²) in [6.07, 6.45) is 1.14. The number of halogens is 3. The Labute approximate surface area is 143 Å². The molecule has 0 atom stereocenters. The molecule has 0 aliphatic carbocycles. The summed E-state index contributed by atoms with van der Waals surface area (Å²) in [5, 5.41) is 2.40. The van der Waals surface area contributed by atoms with Gasteiger partial charge >= 0.3 is 15.6 Å². The second-order valence-electron chi connectivity index (χ2n) is 5.17. The highest BCUT2D eigenvalue weighted by atomic mass is 32.2. The van der Waals surface area contributed by atoms with Crippen molar-refractivity contribution in [3.05, 3.63) is 23.8 Å². The van der Waals surface area contributed by atoms with Crippen molar-refractivity contribution in [2.24, 2.45) is 0 Å². The van der Waals surface area contributed by atoms with Gasteiger partial charge in [-0.1, -0.05) is 13.8 Å². The molecule has 10 heteroatoms. The number of hydrogen-bond acceptors (Lipinski definition) is 5. The molecule has 0 saturated carbocycles. The molecule has 1 rings (SSSR count). The molecule has 6 nitrogen and oxygen atoms in total. The molecule has 0 unspecified atom stereocenters. The minimum Gasteiger partial charge on any atom is -0.375 e. The first kappa shape index (κ1) is 20.9. The van der Waals surface area contributed by atoms with Gasteiger partial charge in [0, 0.05) is 24.6 Å². The van der Waals surface area contributed by atoms with E-state index in [1.807, 2.05) is 0 Å². The van der Waals surface area contributed by atoms with Crippen molar-refractivity contribution in [2.75, 3.05) is 5.32 Å². The van der Waals surface area contributed by atoms with Gasteiger partial charge < -0.3 is 9.50 Å². The van der Waals surface area contributed by atoms with E-state index in [4.69, 9.17) is 0 Å². The smallest absolute Gasteiger partial charge is 0.375 e. The Hall–Kier alpha value is -2.10. The molecule has 1 amide bonds. The molecule has 0 spiro atoms. The normalized spacial score (nSPS) is 11.9. The van der Waals surface area contributed by atoms with Gasteiger partial charge in [-0.2, -0.15) is 21.6 Å². The Morgan fingerprint density at radius 2 is 1.72 bits per heavy atom. The number of amides is 1. The van der Waals surface area contributed by atoms with Gasteiger partial charge in [-0.05, 0) is 25.0 Å².